The van der Waals surface area contributed by atoms with E-state index in [1.54, 1.807) is 41.5 Å². The van der Waals surface area contributed by atoms with Crippen molar-refractivity contribution in [3.8, 4) is 22.3 Å². The first-order chi connectivity index (χ1) is 14.0. The molecule has 0 aliphatic heterocycles. The van der Waals surface area contributed by atoms with Gasteiger partial charge in [-0.3, -0.25) is 9.67 Å². The molecule has 0 aliphatic carbocycles. The summed E-state index contributed by atoms with van der Waals surface area (Å²) < 4.78 is 30.0. The van der Waals surface area contributed by atoms with Gasteiger partial charge in [-0.1, -0.05) is 42.5 Å². The predicted molar refractivity (Wildman–Crippen MR) is 112 cm³/mol. The van der Waals surface area contributed by atoms with Crippen LogP contribution in [0.15, 0.2) is 90.3 Å². The first-order valence-electron chi connectivity index (χ1n) is 9.09. The van der Waals surface area contributed by atoms with Gasteiger partial charge in [0.1, 0.15) is 0 Å². The lowest BCUT2D eigenvalue weighted by Crippen LogP contribution is -2.23. The van der Waals surface area contributed by atoms with Gasteiger partial charge in [-0.25, -0.2) is 13.1 Å². The largest absolute Gasteiger partial charge is 0.275 e. The fourth-order valence-electron chi connectivity index (χ4n) is 3.05. The summed E-state index contributed by atoms with van der Waals surface area (Å²) in [5, 5.41) is 4.16. The van der Waals surface area contributed by atoms with Crippen molar-refractivity contribution >= 4 is 10.0 Å². The van der Waals surface area contributed by atoms with Crippen molar-refractivity contribution in [3.05, 3.63) is 91.0 Å². The maximum atomic E-state index is 12.8. The summed E-state index contributed by atoms with van der Waals surface area (Å²) in [7, 11) is -1.81. The molecule has 0 fully saturated rings. The molecule has 7 heteroatoms. The van der Waals surface area contributed by atoms with Gasteiger partial charge < -0.3 is 0 Å². The molecule has 6 nitrogen and oxygen atoms in total. The minimum atomic E-state index is -3.66. The van der Waals surface area contributed by atoms with E-state index in [1.807, 2.05) is 55.7 Å². The van der Waals surface area contributed by atoms with Crippen LogP contribution in [0.2, 0.25) is 0 Å². The van der Waals surface area contributed by atoms with Crippen LogP contribution in [0, 0.1) is 0 Å². The van der Waals surface area contributed by atoms with Crippen LogP contribution in [-0.4, -0.2) is 23.2 Å². The van der Waals surface area contributed by atoms with Crippen LogP contribution < -0.4 is 4.72 Å². The van der Waals surface area contributed by atoms with Crippen molar-refractivity contribution in [1.29, 1.82) is 0 Å². The monoisotopic (exact) mass is 404 g/mol. The van der Waals surface area contributed by atoms with Gasteiger partial charge in [0.05, 0.1) is 11.1 Å². The van der Waals surface area contributed by atoms with Crippen LogP contribution in [-0.2, 0) is 23.6 Å². The van der Waals surface area contributed by atoms with E-state index in [4.69, 9.17) is 0 Å². The van der Waals surface area contributed by atoms with Crippen LogP contribution in [0.5, 0.6) is 0 Å². The Kier molecular flexibility index (Phi) is 5.24. The molecular formula is C22H20N4O2S. The molecule has 0 saturated heterocycles. The van der Waals surface area contributed by atoms with Crippen LogP contribution >= 0.6 is 0 Å². The molecule has 2 aromatic heterocycles. The summed E-state index contributed by atoms with van der Waals surface area (Å²) in [4.78, 5) is 4.46. The Bertz CT molecular complexity index is 1230. The molecule has 0 spiro atoms. The van der Waals surface area contributed by atoms with E-state index in [0.29, 0.717) is 0 Å². The van der Waals surface area contributed by atoms with Crippen molar-refractivity contribution in [2.75, 3.05) is 0 Å². The third kappa shape index (κ3) is 4.42. The van der Waals surface area contributed by atoms with E-state index in [9.17, 15) is 8.42 Å². The summed E-state index contributed by atoms with van der Waals surface area (Å²) >= 11 is 0. The lowest BCUT2D eigenvalue weighted by atomic mass is 10.1. The van der Waals surface area contributed by atoms with Gasteiger partial charge in [0.2, 0.25) is 10.0 Å². The molecule has 0 bridgehead atoms. The van der Waals surface area contributed by atoms with Crippen molar-refractivity contribution in [1.82, 2.24) is 19.5 Å². The molecule has 2 heterocycles. The average molecular weight is 404 g/mol. The molecule has 146 valence electrons. The van der Waals surface area contributed by atoms with Crippen LogP contribution in [0.4, 0.5) is 0 Å². The summed E-state index contributed by atoms with van der Waals surface area (Å²) in [6, 6.07) is 18.5. The summed E-state index contributed by atoms with van der Waals surface area (Å²) in [6.45, 7) is 0.152. The summed E-state index contributed by atoms with van der Waals surface area (Å²) in [5.74, 6) is 0. The number of pyridine rings is 1. The standard InChI is InChI=1S/C22H20N4O2S/c1-26-16-21(15-24-26)20-10-17(12-23-14-20)13-25-29(27,28)22-9-5-8-19(11-22)18-6-3-2-4-7-18/h2-12,14-16,25H,13H2,1H3. The van der Waals surface area contributed by atoms with Crippen molar-refractivity contribution in [2.45, 2.75) is 11.4 Å². The average Bonchev–Trinajstić information content (AvgIpc) is 3.20. The lowest BCUT2D eigenvalue weighted by molar-refractivity contribution is 0.581. The number of aryl methyl sites for hydroxylation is 1. The molecule has 2 aromatic carbocycles. The quantitative estimate of drug-likeness (QED) is 0.532. The summed E-state index contributed by atoms with van der Waals surface area (Å²) in [5.41, 5.74) is 4.42. The number of nitrogens with one attached hydrogen (secondary N) is 1. The molecule has 0 unspecified atom stereocenters. The Morgan fingerprint density at radius 2 is 1.66 bits per heavy atom. The number of nitrogens with zero attached hydrogens (tertiary/aromatic N) is 3. The highest BCUT2D eigenvalue weighted by atomic mass is 32.2. The number of rotatable bonds is 6. The SMILES string of the molecule is Cn1cc(-c2cncc(CNS(=O)(=O)c3cccc(-c4ccccc4)c3)c2)cn1. The zero-order valence-corrected chi connectivity index (χ0v) is 16.7. The highest BCUT2D eigenvalue weighted by Crippen LogP contribution is 2.23. The molecule has 1 N–H and O–H groups in total. The van der Waals surface area contributed by atoms with Gasteiger partial charge in [0, 0.05) is 43.3 Å². The number of hydrogen-bond donors (Lipinski definition) is 1. The third-order valence-electron chi connectivity index (χ3n) is 4.55. The Morgan fingerprint density at radius 3 is 2.41 bits per heavy atom. The molecule has 0 aliphatic rings. The van der Waals surface area contributed by atoms with Gasteiger partial charge in [0.25, 0.3) is 0 Å². The minimum absolute atomic E-state index is 0.152. The zero-order valence-electron chi connectivity index (χ0n) is 15.9. The van der Waals surface area contributed by atoms with Gasteiger partial charge in [-0.2, -0.15) is 5.10 Å². The van der Waals surface area contributed by atoms with Crippen LogP contribution in [0.25, 0.3) is 22.3 Å². The van der Waals surface area contributed by atoms with Crippen LogP contribution in [0.1, 0.15) is 5.56 Å². The lowest BCUT2D eigenvalue weighted by Gasteiger charge is -2.09. The first kappa shape index (κ1) is 19.0. The maximum absolute atomic E-state index is 12.8. The molecule has 0 atom stereocenters. The Labute approximate surface area is 169 Å². The molecule has 0 amide bonds. The predicted octanol–water partition coefficient (Wildman–Crippen LogP) is 3.63. The Balaban J connectivity index is 1.53. The molecule has 4 rings (SSSR count). The fraction of sp³-hybridized carbons (Fsp3) is 0.0909. The maximum Gasteiger partial charge on any atom is 0.240 e. The van der Waals surface area contributed by atoms with E-state index < -0.39 is 10.0 Å². The van der Waals surface area contributed by atoms with Crippen LogP contribution in [0.3, 0.4) is 0 Å². The summed E-state index contributed by atoms with van der Waals surface area (Å²) in [6.07, 6.45) is 7.03. The van der Waals surface area contributed by atoms with Gasteiger partial charge >= 0.3 is 0 Å². The zero-order chi connectivity index (χ0) is 20.3. The van der Waals surface area contributed by atoms with Crippen molar-refractivity contribution in [3.63, 3.8) is 0 Å². The van der Waals surface area contributed by atoms with E-state index in [0.717, 1.165) is 27.8 Å². The smallest absolute Gasteiger partial charge is 0.240 e. The number of sulfonamides is 1. The van der Waals surface area contributed by atoms with E-state index in [-0.39, 0.29) is 11.4 Å². The Morgan fingerprint density at radius 1 is 0.862 bits per heavy atom. The van der Waals surface area contributed by atoms with E-state index in [1.165, 1.54) is 0 Å². The molecule has 0 radical (unpaired) electrons. The normalized spacial score (nSPS) is 11.5. The number of hydrogen-bond acceptors (Lipinski definition) is 4. The van der Waals surface area contributed by atoms with Gasteiger partial charge in [-0.05, 0) is 34.9 Å². The van der Waals surface area contributed by atoms with Gasteiger partial charge in [-0.15, -0.1) is 0 Å². The minimum Gasteiger partial charge on any atom is -0.275 e. The second-order valence-electron chi connectivity index (χ2n) is 6.70. The highest BCUT2D eigenvalue weighted by Gasteiger charge is 2.15. The topological polar surface area (TPSA) is 76.9 Å². The molecular weight excluding hydrogens is 384 g/mol. The second kappa shape index (κ2) is 7.98. The fourth-order valence-corrected chi connectivity index (χ4v) is 4.11. The molecule has 4 aromatic rings. The first-order valence-corrected chi connectivity index (χ1v) is 10.6. The van der Waals surface area contributed by atoms with Crippen molar-refractivity contribution < 1.29 is 8.42 Å². The van der Waals surface area contributed by atoms with E-state index >= 15 is 0 Å². The second-order valence-corrected chi connectivity index (χ2v) is 8.47. The number of benzene rings is 2. The third-order valence-corrected chi connectivity index (χ3v) is 5.95. The molecule has 0 saturated carbocycles. The van der Waals surface area contributed by atoms with E-state index in [2.05, 4.69) is 14.8 Å². The number of aromatic nitrogens is 3. The highest BCUT2D eigenvalue weighted by molar-refractivity contribution is 7.89. The molecule has 29 heavy (non-hydrogen) atoms. The Hall–Kier alpha value is -3.29. The van der Waals surface area contributed by atoms with Gasteiger partial charge in [0.15, 0.2) is 0 Å². The van der Waals surface area contributed by atoms with Crippen molar-refractivity contribution in [2.24, 2.45) is 7.05 Å².